The van der Waals surface area contributed by atoms with Gasteiger partial charge in [-0.25, -0.2) is 9.97 Å². The molecule has 22 heavy (non-hydrogen) atoms. The predicted molar refractivity (Wildman–Crippen MR) is 79.0 cm³/mol. The third kappa shape index (κ3) is 3.17. The van der Waals surface area contributed by atoms with Gasteiger partial charge in [-0.1, -0.05) is 6.92 Å². The number of aromatic nitrogens is 4. The zero-order valence-corrected chi connectivity index (χ0v) is 12.9. The summed E-state index contributed by atoms with van der Waals surface area (Å²) in [5.41, 5.74) is 0.463. The highest BCUT2D eigenvalue weighted by Gasteiger charge is 2.30. The molecule has 9 heteroatoms. The molecular weight excluding hydrogens is 304 g/mol. The zero-order chi connectivity index (χ0) is 16.1. The van der Waals surface area contributed by atoms with Crippen molar-refractivity contribution in [2.45, 2.75) is 20.3 Å². The largest absolute Gasteiger partial charge is 0.355 e. The maximum absolute atomic E-state index is 12.4. The Morgan fingerprint density at radius 1 is 1.55 bits per heavy atom. The van der Waals surface area contributed by atoms with E-state index < -0.39 is 17.6 Å². The van der Waals surface area contributed by atoms with Crippen molar-refractivity contribution >= 4 is 23.0 Å². The van der Waals surface area contributed by atoms with Gasteiger partial charge in [0.05, 0.1) is 16.6 Å². The first-order valence-electron chi connectivity index (χ1n) is 6.63. The highest BCUT2D eigenvalue weighted by Crippen LogP contribution is 2.27. The van der Waals surface area contributed by atoms with Crippen molar-refractivity contribution in [2.75, 3.05) is 6.54 Å². The minimum atomic E-state index is -1.37. The summed E-state index contributed by atoms with van der Waals surface area (Å²) in [6.45, 7) is 3.97. The second kappa shape index (κ2) is 6.91. The van der Waals surface area contributed by atoms with E-state index in [-0.39, 0.29) is 4.88 Å². The van der Waals surface area contributed by atoms with Crippen molar-refractivity contribution in [1.29, 1.82) is 5.26 Å². The Hall–Kier alpha value is -2.60. The average Bonchev–Trinajstić information content (AvgIpc) is 3.14. The highest BCUT2D eigenvalue weighted by atomic mass is 32.1. The molecule has 0 fully saturated rings. The predicted octanol–water partition coefficient (Wildman–Crippen LogP) is 1.09. The molecule has 0 aliphatic rings. The van der Waals surface area contributed by atoms with Crippen LogP contribution < -0.4 is 5.32 Å². The molecule has 1 unspecified atom stereocenters. The van der Waals surface area contributed by atoms with Gasteiger partial charge in [0.15, 0.2) is 16.7 Å². The molecule has 2 N–H and O–H groups in total. The Labute approximate surface area is 130 Å². The number of Topliss-reactive ketones (excluding diaryl/α,β-unsaturated/α-hetero) is 1. The molecule has 2 rings (SSSR count). The number of hydrogen-bond acceptors (Lipinski definition) is 7. The van der Waals surface area contributed by atoms with E-state index in [9.17, 15) is 9.59 Å². The molecule has 114 valence electrons. The van der Waals surface area contributed by atoms with Crippen LogP contribution in [0.1, 0.15) is 28.7 Å². The van der Waals surface area contributed by atoms with Gasteiger partial charge in [-0.15, -0.1) is 11.3 Å². The summed E-state index contributed by atoms with van der Waals surface area (Å²) >= 11 is 1.08. The molecule has 0 aliphatic carbocycles. The van der Waals surface area contributed by atoms with Crippen LogP contribution in [0, 0.1) is 24.2 Å². The van der Waals surface area contributed by atoms with Crippen LogP contribution in [0.25, 0.3) is 10.8 Å². The van der Waals surface area contributed by atoms with Gasteiger partial charge < -0.3 is 5.32 Å². The Balaban J connectivity index is 2.25. The zero-order valence-electron chi connectivity index (χ0n) is 12.1. The lowest BCUT2D eigenvalue weighted by Gasteiger charge is -2.07. The van der Waals surface area contributed by atoms with E-state index in [1.54, 1.807) is 13.0 Å². The van der Waals surface area contributed by atoms with Gasteiger partial charge in [0.1, 0.15) is 6.33 Å². The number of thiazole rings is 1. The Morgan fingerprint density at radius 2 is 2.32 bits per heavy atom. The van der Waals surface area contributed by atoms with E-state index >= 15 is 0 Å². The number of carbonyl (C=O) groups is 2. The van der Waals surface area contributed by atoms with Crippen LogP contribution in [0.2, 0.25) is 0 Å². The van der Waals surface area contributed by atoms with Gasteiger partial charge in [0.25, 0.3) is 0 Å². The van der Waals surface area contributed by atoms with E-state index in [2.05, 4.69) is 25.5 Å². The fraction of sp³-hybridized carbons (Fsp3) is 0.385. The van der Waals surface area contributed by atoms with E-state index in [4.69, 9.17) is 5.26 Å². The molecule has 0 spiro atoms. The first kappa shape index (κ1) is 15.8. The van der Waals surface area contributed by atoms with Crippen molar-refractivity contribution < 1.29 is 9.59 Å². The number of aromatic amines is 1. The molecule has 0 saturated heterocycles. The van der Waals surface area contributed by atoms with Crippen molar-refractivity contribution in [1.82, 2.24) is 25.5 Å². The van der Waals surface area contributed by atoms with Crippen molar-refractivity contribution in [3.8, 4) is 16.9 Å². The number of ketones is 1. The first-order chi connectivity index (χ1) is 10.6. The molecule has 0 saturated carbocycles. The lowest BCUT2D eigenvalue weighted by Crippen LogP contribution is -2.35. The van der Waals surface area contributed by atoms with Crippen molar-refractivity contribution in [3.05, 3.63) is 16.9 Å². The second-order valence-electron chi connectivity index (χ2n) is 4.49. The van der Waals surface area contributed by atoms with E-state index in [0.717, 1.165) is 17.8 Å². The van der Waals surface area contributed by atoms with Crippen molar-refractivity contribution in [3.63, 3.8) is 0 Å². The lowest BCUT2D eigenvalue weighted by molar-refractivity contribution is -0.122. The monoisotopic (exact) mass is 318 g/mol. The molecule has 8 nitrogen and oxygen atoms in total. The van der Waals surface area contributed by atoms with Crippen LogP contribution >= 0.6 is 11.3 Å². The molecule has 1 amide bonds. The lowest BCUT2D eigenvalue weighted by atomic mass is 10.0. The van der Waals surface area contributed by atoms with Crippen LogP contribution in [-0.2, 0) is 4.79 Å². The molecule has 0 aromatic carbocycles. The van der Waals surface area contributed by atoms with Gasteiger partial charge in [-0.2, -0.15) is 10.4 Å². The summed E-state index contributed by atoms with van der Waals surface area (Å²) in [5, 5.41) is 18.6. The van der Waals surface area contributed by atoms with Gasteiger partial charge in [-0.3, -0.25) is 14.7 Å². The number of hydrogen-bond donors (Lipinski definition) is 2. The van der Waals surface area contributed by atoms with Crippen LogP contribution in [0.3, 0.4) is 0 Å². The maximum Gasteiger partial charge on any atom is 0.245 e. The summed E-state index contributed by atoms with van der Waals surface area (Å²) in [6.07, 6.45) is 2.07. The summed E-state index contributed by atoms with van der Waals surface area (Å²) in [4.78, 5) is 32.8. The highest BCUT2D eigenvalue weighted by molar-refractivity contribution is 7.17. The minimum Gasteiger partial charge on any atom is -0.355 e. The normalized spacial score (nSPS) is 11.7. The number of carbonyl (C=O) groups excluding carboxylic acids is 2. The second-order valence-corrected chi connectivity index (χ2v) is 5.48. The summed E-state index contributed by atoms with van der Waals surface area (Å²) in [6, 6.07) is 1.76. The number of nitriles is 1. The minimum absolute atomic E-state index is 0.282. The molecule has 2 heterocycles. The molecule has 2 aromatic heterocycles. The van der Waals surface area contributed by atoms with Gasteiger partial charge in [0, 0.05) is 6.54 Å². The van der Waals surface area contributed by atoms with Crippen LogP contribution in [0.5, 0.6) is 0 Å². The molecular formula is C13H14N6O2S. The maximum atomic E-state index is 12.4. The third-order valence-electron chi connectivity index (χ3n) is 2.84. The van der Waals surface area contributed by atoms with E-state index in [1.807, 2.05) is 6.92 Å². The van der Waals surface area contributed by atoms with E-state index in [0.29, 0.717) is 23.1 Å². The SMILES string of the molecule is CCCNC(=O)C(C#N)C(=O)c1sc(-c2ncn[nH]2)nc1C. The topological polar surface area (TPSA) is 124 Å². The van der Waals surface area contributed by atoms with Crippen LogP contribution in [0.4, 0.5) is 0 Å². The number of rotatable bonds is 6. The summed E-state index contributed by atoms with van der Waals surface area (Å²) in [5.74, 6) is -2.05. The standard InChI is InChI=1S/C13H14N6O2S/c1-3-4-15-12(21)8(5-14)9(20)10-7(2)18-13(22-10)11-16-6-17-19-11/h6,8H,3-4H2,1-2H3,(H,15,21)(H,16,17,19). The number of aryl methyl sites for hydroxylation is 1. The molecule has 0 bridgehead atoms. The van der Waals surface area contributed by atoms with Crippen LogP contribution in [-0.4, -0.2) is 38.4 Å². The Bertz CT molecular complexity index is 715. The fourth-order valence-corrected chi connectivity index (χ4v) is 2.74. The first-order valence-corrected chi connectivity index (χ1v) is 7.44. The molecule has 1 atom stereocenters. The number of nitrogens with one attached hydrogen (secondary N) is 2. The Morgan fingerprint density at radius 3 is 2.91 bits per heavy atom. The van der Waals surface area contributed by atoms with Gasteiger partial charge >= 0.3 is 0 Å². The van der Waals surface area contributed by atoms with Crippen molar-refractivity contribution in [2.24, 2.45) is 5.92 Å². The van der Waals surface area contributed by atoms with E-state index in [1.165, 1.54) is 6.33 Å². The molecule has 2 aromatic rings. The van der Waals surface area contributed by atoms with Gasteiger partial charge in [0.2, 0.25) is 11.7 Å². The van der Waals surface area contributed by atoms with Gasteiger partial charge in [-0.05, 0) is 13.3 Å². The number of H-pyrrole nitrogens is 1. The third-order valence-corrected chi connectivity index (χ3v) is 4.02. The van der Waals surface area contributed by atoms with Crippen LogP contribution in [0.15, 0.2) is 6.33 Å². The Kier molecular flexibility index (Phi) is 4.95. The average molecular weight is 318 g/mol. The fourth-order valence-electron chi connectivity index (χ4n) is 1.75. The molecule has 0 aliphatic heterocycles. The number of nitrogens with zero attached hydrogens (tertiary/aromatic N) is 4. The number of amides is 1. The smallest absolute Gasteiger partial charge is 0.245 e. The molecule has 0 radical (unpaired) electrons. The summed E-state index contributed by atoms with van der Waals surface area (Å²) in [7, 11) is 0. The quantitative estimate of drug-likeness (QED) is 0.606. The summed E-state index contributed by atoms with van der Waals surface area (Å²) < 4.78 is 0.